The zero-order valence-corrected chi connectivity index (χ0v) is 15.5. The van der Waals surface area contributed by atoms with Gasteiger partial charge in [-0.15, -0.1) is 0 Å². The molecule has 1 saturated heterocycles. The molecule has 1 heterocycles. The first-order valence-corrected chi connectivity index (χ1v) is 10.2. The number of para-hydroxylation sites is 1. The van der Waals surface area contributed by atoms with E-state index in [9.17, 15) is 13.2 Å². The number of amides is 1. The fourth-order valence-corrected chi connectivity index (χ4v) is 4.76. The Morgan fingerprint density at radius 1 is 1.00 bits per heavy atom. The highest BCUT2D eigenvalue weighted by Gasteiger charge is 2.41. The van der Waals surface area contributed by atoms with E-state index in [2.05, 4.69) is 0 Å². The summed E-state index contributed by atoms with van der Waals surface area (Å²) in [4.78, 5) is 11.4. The highest BCUT2D eigenvalue weighted by atomic mass is 32.2. The Morgan fingerprint density at radius 3 is 2.19 bits per heavy atom. The molecule has 144 valence electrons. The summed E-state index contributed by atoms with van der Waals surface area (Å²) in [6.07, 6.45) is -0.423. The Hall–Kier alpha value is -2.58. The molecule has 27 heavy (non-hydrogen) atoms. The highest BCUT2D eigenvalue weighted by Crippen LogP contribution is 2.30. The Labute approximate surface area is 158 Å². The minimum absolute atomic E-state index is 0.127. The molecule has 0 radical (unpaired) electrons. The van der Waals surface area contributed by atoms with Crippen molar-refractivity contribution in [3.05, 3.63) is 54.6 Å². The van der Waals surface area contributed by atoms with E-state index in [1.807, 2.05) is 18.2 Å². The van der Waals surface area contributed by atoms with Crippen LogP contribution in [-0.2, 0) is 19.3 Å². The van der Waals surface area contributed by atoms with E-state index in [0.29, 0.717) is 24.7 Å². The van der Waals surface area contributed by atoms with Crippen LogP contribution in [0.1, 0.15) is 12.8 Å². The van der Waals surface area contributed by atoms with E-state index < -0.39 is 21.5 Å². The van der Waals surface area contributed by atoms with E-state index in [-0.39, 0.29) is 23.5 Å². The van der Waals surface area contributed by atoms with Crippen molar-refractivity contribution in [1.82, 2.24) is 0 Å². The van der Waals surface area contributed by atoms with Gasteiger partial charge in [-0.05, 0) is 36.4 Å². The first-order valence-electron chi connectivity index (χ1n) is 8.51. The number of carbonyl (C=O) groups excluding carboxylic acids is 1. The molecule has 1 fully saturated rings. The predicted octanol–water partition coefficient (Wildman–Crippen LogP) is 2.90. The van der Waals surface area contributed by atoms with Gasteiger partial charge in [0.1, 0.15) is 17.1 Å². The lowest BCUT2D eigenvalue weighted by Gasteiger charge is -2.35. The first-order chi connectivity index (χ1) is 12.9. The van der Waals surface area contributed by atoms with Crippen LogP contribution in [0, 0.1) is 0 Å². The Balaban J connectivity index is 1.76. The summed E-state index contributed by atoms with van der Waals surface area (Å²) < 4.78 is 41.8. The molecular formula is C19H21NO6S. The normalized spacial score (nSPS) is 16.4. The van der Waals surface area contributed by atoms with Gasteiger partial charge in [0.2, 0.25) is 0 Å². The minimum atomic E-state index is -3.70. The molecule has 0 bridgehead atoms. The lowest BCUT2D eigenvalue weighted by atomic mass is 9.96. The van der Waals surface area contributed by atoms with Gasteiger partial charge in [0, 0.05) is 12.8 Å². The van der Waals surface area contributed by atoms with Crippen LogP contribution in [0.15, 0.2) is 59.5 Å². The number of hydrogen-bond acceptors (Lipinski definition) is 6. The quantitative estimate of drug-likeness (QED) is 0.812. The number of ether oxygens (including phenoxy) is 3. The van der Waals surface area contributed by atoms with Crippen molar-refractivity contribution in [3.63, 3.8) is 0 Å². The van der Waals surface area contributed by atoms with Crippen LogP contribution in [0.2, 0.25) is 0 Å². The van der Waals surface area contributed by atoms with Crippen LogP contribution in [0.25, 0.3) is 0 Å². The maximum Gasteiger partial charge on any atom is 0.405 e. The van der Waals surface area contributed by atoms with E-state index in [1.54, 1.807) is 24.3 Å². The molecule has 0 aromatic heterocycles. The Bertz CT molecular complexity index is 874. The maximum atomic E-state index is 12.8. The molecule has 1 aliphatic heterocycles. The zero-order chi connectivity index (χ0) is 19.3. The molecule has 1 amide bonds. The van der Waals surface area contributed by atoms with Gasteiger partial charge in [0.15, 0.2) is 9.84 Å². The fraction of sp³-hybridized carbons (Fsp3) is 0.316. The number of rotatable bonds is 6. The third-order valence-corrected chi connectivity index (χ3v) is 6.23. The van der Waals surface area contributed by atoms with Crippen molar-refractivity contribution in [2.45, 2.75) is 23.3 Å². The standard InChI is InChI=1S/C19H21NO6S/c20-18(21)26-19(10-12-24-13-11-19)14-27(22,23)17-8-6-16(7-9-17)25-15-4-2-1-3-5-15/h1-9H,10-14H2,(H2,20,21). The van der Waals surface area contributed by atoms with Crippen LogP contribution in [0.5, 0.6) is 11.5 Å². The van der Waals surface area contributed by atoms with Crippen molar-refractivity contribution in [1.29, 1.82) is 0 Å². The van der Waals surface area contributed by atoms with Crippen molar-refractivity contribution >= 4 is 15.9 Å². The molecule has 3 rings (SSSR count). The van der Waals surface area contributed by atoms with Crippen molar-refractivity contribution in [3.8, 4) is 11.5 Å². The molecule has 0 saturated carbocycles. The molecule has 0 spiro atoms. The number of benzene rings is 2. The summed E-state index contributed by atoms with van der Waals surface area (Å²) >= 11 is 0. The molecule has 0 atom stereocenters. The van der Waals surface area contributed by atoms with Gasteiger partial charge in [-0.3, -0.25) is 0 Å². The summed E-state index contributed by atoms with van der Waals surface area (Å²) in [7, 11) is -3.70. The zero-order valence-electron chi connectivity index (χ0n) is 14.7. The van der Waals surface area contributed by atoms with E-state index >= 15 is 0 Å². The summed E-state index contributed by atoms with van der Waals surface area (Å²) in [5, 5.41) is 0. The SMILES string of the molecule is NC(=O)OC1(CS(=O)(=O)c2ccc(Oc3ccccc3)cc2)CCOCC1. The van der Waals surface area contributed by atoms with Crippen LogP contribution in [0.4, 0.5) is 4.79 Å². The predicted molar refractivity (Wildman–Crippen MR) is 98.5 cm³/mol. The highest BCUT2D eigenvalue weighted by molar-refractivity contribution is 7.91. The topological polar surface area (TPSA) is 105 Å². The number of nitrogens with two attached hydrogens (primary N) is 1. The van der Waals surface area contributed by atoms with Crippen molar-refractivity contribution in [2.24, 2.45) is 5.73 Å². The average Bonchev–Trinajstić information content (AvgIpc) is 2.62. The number of hydrogen-bond donors (Lipinski definition) is 1. The van der Waals surface area contributed by atoms with E-state index in [1.165, 1.54) is 12.1 Å². The number of sulfone groups is 1. The monoisotopic (exact) mass is 391 g/mol. The molecule has 8 heteroatoms. The van der Waals surface area contributed by atoms with Gasteiger partial charge in [0.05, 0.1) is 23.9 Å². The van der Waals surface area contributed by atoms with Crippen molar-refractivity contribution < 1.29 is 27.4 Å². The van der Waals surface area contributed by atoms with Gasteiger partial charge in [-0.25, -0.2) is 13.2 Å². The molecule has 0 aliphatic carbocycles. The number of carbonyl (C=O) groups is 1. The molecule has 2 aromatic carbocycles. The molecular weight excluding hydrogens is 370 g/mol. The largest absolute Gasteiger partial charge is 0.457 e. The molecule has 2 N–H and O–H groups in total. The third-order valence-electron chi connectivity index (χ3n) is 4.34. The first kappa shape index (κ1) is 19.2. The van der Waals surface area contributed by atoms with E-state index in [4.69, 9.17) is 19.9 Å². The molecule has 0 unspecified atom stereocenters. The summed E-state index contributed by atoms with van der Waals surface area (Å²) in [6, 6.07) is 15.3. The summed E-state index contributed by atoms with van der Waals surface area (Å²) in [5.41, 5.74) is 3.98. The summed E-state index contributed by atoms with van der Waals surface area (Å²) in [5.74, 6) is 0.837. The average molecular weight is 391 g/mol. The fourth-order valence-electron chi connectivity index (χ4n) is 3.00. The van der Waals surface area contributed by atoms with Gasteiger partial charge >= 0.3 is 6.09 Å². The van der Waals surface area contributed by atoms with Gasteiger partial charge in [-0.1, -0.05) is 18.2 Å². The Morgan fingerprint density at radius 2 is 1.59 bits per heavy atom. The third kappa shape index (κ3) is 4.99. The number of primary amides is 1. The lowest BCUT2D eigenvalue weighted by Crippen LogP contribution is -2.47. The molecule has 2 aromatic rings. The van der Waals surface area contributed by atoms with Crippen LogP contribution in [0.3, 0.4) is 0 Å². The lowest BCUT2D eigenvalue weighted by molar-refractivity contribution is -0.0545. The second-order valence-corrected chi connectivity index (χ2v) is 8.35. The van der Waals surface area contributed by atoms with Crippen molar-refractivity contribution in [2.75, 3.05) is 19.0 Å². The Kier molecular flexibility index (Phi) is 5.67. The minimum Gasteiger partial charge on any atom is -0.457 e. The second-order valence-electron chi connectivity index (χ2n) is 6.36. The van der Waals surface area contributed by atoms with Gasteiger partial charge in [-0.2, -0.15) is 0 Å². The molecule has 7 nitrogen and oxygen atoms in total. The van der Waals surface area contributed by atoms with Crippen LogP contribution < -0.4 is 10.5 Å². The summed E-state index contributed by atoms with van der Waals surface area (Å²) in [6.45, 7) is 0.624. The van der Waals surface area contributed by atoms with Crippen LogP contribution >= 0.6 is 0 Å². The van der Waals surface area contributed by atoms with E-state index in [0.717, 1.165) is 0 Å². The second kappa shape index (κ2) is 7.98. The van der Waals surface area contributed by atoms with Crippen LogP contribution in [-0.4, -0.2) is 39.1 Å². The van der Waals surface area contributed by atoms with Gasteiger partial charge in [0.25, 0.3) is 0 Å². The maximum absolute atomic E-state index is 12.8. The van der Waals surface area contributed by atoms with Gasteiger partial charge < -0.3 is 19.9 Å². The smallest absolute Gasteiger partial charge is 0.405 e. The molecule has 1 aliphatic rings.